The van der Waals surface area contributed by atoms with Crippen LogP contribution in [0.25, 0.3) is 11.0 Å². The molecule has 3 aromatic rings. The fraction of sp³-hybridized carbons (Fsp3) is 0.350. The van der Waals surface area contributed by atoms with E-state index in [-0.39, 0.29) is 0 Å². The van der Waals surface area contributed by atoms with Gasteiger partial charge in [-0.25, -0.2) is 4.98 Å². The number of unbranched alkanes of at least 4 members (excludes halogenated alkanes) is 1. The maximum Gasteiger partial charge on any atom is 0.147 e. The van der Waals surface area contributed by atoms with Crippen LogP contribution in [0.5, 0.6) is 5.75 Å². The van der Waals surface area contributed by atoms with Gasteiger partial charge in [0.2, 0.25) is 0 Å². The van der Waals surface area contributed by atoms with Crippen molar-refractivity contribution in [3.63, 3.8) is 0 Å². The largest absolute Gasteiger partial charge is 0.491 e. The molecule has 0 saturated heterocycles. The van der Waals surface area contributed by atoms with Crippen LogP contribution in [0.3, 0.4) is 0 Å². The van der Waals surface area contributed by atoms with E-state index < -0.39 is 0 Å². The van der Waals surface area contributed by atoms with E-state index in [9.17, 15) is 0 Å². The summed E-state index contributed by atoms with van der Waals surface area (Å²) in [6.45, 7) is 3.74. The van der Waals surface area contributed by atoms with Gasteiger partial charge >= 0.3 is 0 Å². The Bertz CT molecular complexity index is 909. The number of imidazole rings is 1. The minimum absolute atomic E-state index is 0.656. The van der Waals surface area contributed by atoms with Gasteiger partial charge < -0.3 is 9.72 Å². The number of nitrogens with zero attached hydrogens (tertiary/aromatic N) is 2. The van der Waals surface area contributed by atoms with Gasteiger partial charge in [0.05, 0.1) is 28.5 Å². The van der Waals surface area contributed by atoms with Gasteiger partial charge in [-0.2, -0.15) is 0 Å². The summed E-state index contributed by atoms with van der Waals surface area (Å²) in [4.78, 5) is 9.89. The molecule has 0 atom stereocenters. The van der Waals surface area contributed by atoms with E-state index in [1.807, 2.05) is 24.3 Å². The predicted molar refractivity (Wildman–Crippen MR) is 106 cm³/mol. The van der Waals surface area contributed by atoms with Crippen LogP contribution in [0.2, 0.25) is 10.0 Å². The maximum atomic E-state index is 6.32. The van der Waals surface area contributed by atoms with E-state index in [0.29, 0.717) is 11.6 Å². The molecule has 2 heterocycles. The van der Waals surface area contributed by atoms with Crippen molar-refractivity contribution in [3.8, 4) is 5.75 Å². The molecule has 2 aromatic carbocycles. The van der Waals surface area contributed by atoms with Gasteiger partial charge in [0.15, 0.2) is 0 Å². The van der Waals surface area contributed by atoms with E-state index in [1.165, 1.54) is 11.1 Å². The first-order valence-corrected chi connectivity index (χ1v) is 9.71. The van der Waals surface area contributed by atoms with Crippen molar-refractivity contribution >= 4 is 34.2 Å². The number of aromatic amines is 1. The first kappa shape index (κ1) is 17.7. The van der Waals surface area contributed by atoms with Crippen molar-refractivity contribution < 1.29 is 4.74 Å². The highest BCUT2D eigenvalue weighted by atomic mass is 35.5. The fourth-order valence-electron chi connectivity index (χ4n) is 3.51. The number of H-pyrrole nitrogens is 1. The van der Waals surface area contributed by atoms with Crippen molar-refractivity contribution in [2.24, 2.45) is 0 Å². The number of halogens is 2. The number of hydrogen-bond donors (Lipinski definition) is 1. The number of aromatic nitrogens is 2. The number of benzene rings is 2. The van der Waals surface area contributed by atoms with Crippen molar-refractivity contribution in [2.45, 2.75) is 25.8 Å². The Morgan fingerprint density at radius 1 is 1.15 bits per heavy atom. The molecule has 0 fully saturated rings. The quantitative estimate of drug-likeness (QED) is 0.597. The van der Waals surface area contributed by atoms with E-state index in [4.69, 9.17) is 27.9 Å². The normalized spacial score (nSPS) is 14.5. The molecule has 4 rings (SSSR count). The highest BCUT2D eigenvalue weighted by Gasteiger charge is 2.19. The van der Waals surface area contributed by atoms with Gasteiger partial charge in [-0.05, 0) is 55.1 Å². The smallest absolute Gasteiger partial charge is 0.147 e. The summed E-state index contributed by atoms with van der Waals surface area (Å²) in [7, 11) is 0. The number of hydrogen-bond acceptors (Lipinski definition) is 3. The molecule has 0 unspecified atom stereocenters. The third-order valence-corrected chi connectivity index (χ3v) is 5.75. The summed E-state index contributed by atoms with van der Waals surface area (Å²) < 4.78 is 5.92. The first-order valence-electron chi connectivity index (χ1n) is 8.95. The van der Waals surface area contributed by atoms with Crippen molar-refractivity contribution in [1.82, 2.24) is 14.9 Å². The lowest BCUT2D eigenvalue weighted by Gasteiger charge is -2.29. The average Bonchev–Trinajstić information content (AvgIpc) is 3.14. The SMILES string of the molecule is Clc1ccc2c(c1Cl)CCN(CCCCOc1cccc3[nH]cnc13)C2. The first-order chi connectivity index (χ1) is 12.7. The monoisotopic (exact) mass is 389 g/mol. The van der Waals surface area contributed by atoms with Crippen molar-refractivity contribution in [3.05, 3.63) is 57.8 Å². The summed E-state index contributed by atoms with van der Waals surface area (Å²) in [6.07, 6.45) is 4.79. The molecule has 0 spiro atoms. The molecule has 1 aliphatic rings. The van der Waals surface area contributed by atoms with Crippen LogP contribution in [-0.4, -0.2) is 34.6 Å². The topological polar surface area (TPSA) is 41.1 Å². The summed E-state index contributed by atoms with van der Waals surface area (Å²) >= 11 is 12.4. The number of rotatable bonds is 6. The maximum absolute atomic E-state index is 6.32. The fourth-order valence-corrected chi connectivity index (χ4v) is 3.96. The van der Waals surface area contributed by atoms with E-state index >= 15 is 0 Å². The molecule has 1 N–H and O–H groups in total. The molecule has 0 aliphatic carbocycles. The second kappa shape index (κ2) is 7.87. The van der Waals surface area contributed by atoms with Gasteiger partial charge in [0.1, 0.15) is 11.3 Å². The zero-order chi connectivity index (χ0) is 17.9. The zero-order valence-electron chi connectivity index (χ0n) is 14.5. The van der Waals surface area contributed by atoms with E-state index in [2.05, 4.69) is 20.9 Å². The molecule has 0 saturated carbocycles. The molecular weight excluding hydrogens is 369 g/mol. The third-order valence-electron chi connectivity index (χ3n) is 4.90. The molecule has 0 amide bonds. The van der Waals surface area contributed by atoms with Gasteiger partial charge in [-0.15, -0.1) is 0 Å². The highest BCUT2D eigenvalue weighted by Crippen LogP contribution is 2.32. The Labute approximate surface area is 163 Å². The Morgan fingerprint density at radius 2 is 2.08 bits per heavy atom. The molecule has 0 bridgehead atoms. The number of para-hydroxylation sites is 1. The molecule has 4 nitrogen and oxygen atoms in total. The molecule has 6 heteroatoms. The van der Waals surface area contributed by atoms with Crippen molar-refractivity contribution in [1.29, 1.82) is 0 Å². The number of nitrogens with one attached hydrogen (secondary N) is 1. The second-order valence-corrected chi connectivity index (χ2v) is 7.42. The van der Waals surface area contributed by atoms with Crippen molar-refractivity contribution in [2.75, 3.05) is 19.7 Å². The lowest BCUT2D eigenvalue weighted by Crippen LogP contribution is -2.31. The third kappa shape index (κ3) is 3.68. The van der Waals surface area contributed by atoms with Crippen LogP contribution < -0.4 is 4.74 Å². The standard InChI is InChI=1S/C20H21Cl2N3O/c21-16-7-6-14-12-25(10-8-15(14)19(16)22)9-1-2-11-26-18-5-3-4-17-20(18)24-13-23-17/h3-7,13H,1-2,8-12H2,(H,23,24). The summed E-state index contributed by atoms with van der Waals surface area (Å²) in [5.41, 5.74) is 4.42. The predicted octanol–water partition coefficient (Wildman–Crippen LogP) is 5.09. The second-order valence-electron chi connectivity index (χ2n) is 6.64. The minimum Gasteiger partial charge on any atom is -0.491 e. The van der Waals surface area contributed by atoms with E-state index in [1.54, 1.807) is 6.33 Å². The molecule has 136 valence electrons. The molecule has 1 aliphatic heterocycles. The number of fused-ring (bicyclic) bond motifs is 2. The molecule has 1 aromatic heterocycles. The minimum atomic E-state index is 0.656. The number of ether oxygens (including phenoxy) is 1. The van der Waals surface area contributed by atoms with Crippen LogP contribution in [0.4, 0.5) is 0 Å². The van der Waals surface area contributed by atoms with E-state index in [0.717, 1.165) is 60.7 Å². The summed E-state index contributed by atoms with van der Waals surface area (Å²) in [5.74, 6) is 0.849. The van der Waals surface area contributed by atoms with Gasteiger partial charge in [0.25, 0.3) is 0 Å². The van der Waals surface area contributed by atoms with Gasteiger partial charge in [0, 0.05) is 13.1 Å². The van der Waals surface area contributed by atoms with Crippen LogP contribution in [0.15, 0.2) is 36.7 Å². The molecular formula is C20H21Cl2N3O. The molecule has 26 heavy (non-hydrogen) atoms. The lowest BCUT2D eigenvalue weighted by molar-refractivity contribution is 0.235. The average molecular weight is 390 g/mol. The molecule has 0 radical (unpaired) electrons. The Morgan fingerprint density at radius 3 is 3.00 bits per heavy atom. The Kier molecular flexibility index (Phi) is 5.34. The van der Waals surface area contributed by atoms with Crippen LogP contribution in [-0.2, 0) is 13.0 Å². The lowest BCUT2D eigenvalue weighted by atomic mass is 9.99. The van der Waals surface area contributed by atoms with Gasteiger partial charge in [-0.3, -0.25) is 4.90 Å². The van der Waals surface area contributed by atoms with Crippen LogP contribution >= 0.6 is 23.2 Å². The summed E-state index contributed by atoms with van der Waals surface area (Å²) in [5, 5.41) is 1.38. The Balaban J connectivity index is 1.24. The Hall–Kier alpha value is -1.75. The highest BCUT2D eigenvalue weighted by molar-refractivity contribution is 6.42. The summed E-state index contributed by atoms with van der Waals surface area (Å²) in [6, 6.07) is 9.96. The zero-order valence-corrected chi connectivity index (χ0v) is 16.0. The van der Waals surface area contributed by atoms with Gasteiger partial charge in [-0.1, -0.05) is 35.3 Å². The van der Waals surface area contributed by atoms with Crippen LogP contribution in [0, 0.1) is 0 Å². The van der Waals surface area contributed by atoms with Crippen LogP contribution in [0.1, 0.15) is 24.0 Å².